The zero-order chi connectivity index (χ0) is 14.5. The first-order valence-electron chi connectivity index (χ1n) is 6.73. The van der Waals surface area contributed by atoms with Crippen molar-refractivity contribution in [3.05, 3.63) is 0 Å². The molecule has 0 atom stereocenters. The molecule has 0 heterocycles. The molecule has 0 radical (unpaired) electrons. The molecule has 0 aromatic carbocycles. The summed E-state index contributed by atoms with van der Waals surface area (Å²) in [5.41, 5.74) is -0.897. The molecule has 6 heteroatoms. The molecule has 0 aromatic rings. The van der Waals surface area contributed by atoms with Crippen LogP contribution < -0.4 is 5.32 Å². The molecule has 1 rings (SSSR count). The largest absolute Gasteiger partial charge is 0.481 e. The van der Waals surface area contributed by atoms with E-state index in [9.17, 15) is 19.5 Å². The Bertz CT molecular complexity index is 364. The van der Waals surface area contributed by atoms with E-state index in [1.165, 1.54) is 4.90 Å². The Balaban J connectivity index is 2.59. The van der Waals surface area contributed by atoms with Gasteiger partial charge in [-0.05, 0) is 26.7 Å². The Kier molecular flexibility index (Phi) is 5.32. The van der Waals surface area contributed by atoms with Crippen LogP contribution in [0.4, 0.5) is 0 Å². The molecule has 1 fully saturated rings. The second kappa shape index (κ2) is 6.54. The third-order valence-electron chi connectivity index (χ3n) is 3.70. The van der Waals surface area contributed by atoms with E-state index >= 15 is 0 Å². The Morgan fingerprint density at radius 1 is 1.26 bits per heavy atom. The van der Waals surface area contributed by atoms with Crippen LogP contribution in [0.25, 0.3) is 0 Å². The van der Waals surface area contributed by atoms with Crippen molar-refractivity contribution in [2.75, 3.05) is 19.6 Å². The topological polar surface area (TPSA) is 86.7 Å². The van der Waals surface area contributed by atoms with Gasteiger partial charge in [-0.2, -0.15) is 0 Å². The molecule has 0 unspecified atom stereocenters. The summed E-state index contributed by atoms with van der Waals surface area (Å²) in [5, 5.41) is 11.8. The maximum Gasteiger partial charge on any atom is 0.310 e. The second-order valence-corrected chi connectivity index (χ2v) is 4.98. The lowest BCUT2D eigenvalue weighted by Gasteiger charge is -2.38. The van der Waals surface area contributed by atoms with Crippen LogP contribution in [0.3, 0.4) is 0 Å². The first kappa shape index (κ1) is 15.5. The summed E-state index contributed by atoms with van der Waals surface area (Å²) in [7, 11) is 0. The van der Waals surface area contributed by atoms with Crippen LogP contribution in [0.15, 0.2) is 0 Å². The van der Waals surface area contributed by atoms with Crippen LogP contribution in [0.5, 0.6) is 0 Å². The van der Waals surface area contributed by atoms with Crippen molar-refractivity contribution in [3.8, 4) is 0 Å². The van der Waals surface area contributed by atoms with Crippen molar-refractivity contribution in [3.63, 3.8) is 0 Å². The number of carboxylic acids is 1. The monoisotopic (exact) mass is 270 g/mol. The molecule has 0 aliphatic heterocycles. The highest BCUT2D eigenvalue weighted by Gasteiger charge is 2.46. The van der Waals surface area contributed by atoms with E-state index in [1.807, 2.05) is 6.92 Å². The number of rotatable bonds is 7. The SMILES string of the molecule is CCNC(=O)CN(CC)C(=O)CC1(C(=O)O)CCC1. The number of carbonyl (C=O) groups is 3. The van der Waals surface area contributed by atoms with Gasteiger partial charge < -0.3 is 15.3 Å². The number of hydrogen-bond donors (Lipinski definition) is 2. The fourth-order valence-electron chi connectivity index (χ4n) is 2.27. The third kappa shape index (κ3) is 3.68. The van der Waals surface area contributed by atoms with Crippen LogP contribution >= 0.6 is 0 Å². The maximum absolute atomic E-state index is 12.1. The quantitative estimate of drug-likeness (QED) is 0.710. The van der Waals surface area contributed by atoms with E-state index in [1.54, 1.807) is 6.92 Å². The minimum Gasteiger partial charge on any atom is -0.481 e. The molecule has 6 nitrogen and oxygen atoms in total. The Labute approximate surface area is 113 Å². The standard InChI is InChI=1S/C13H22N2O4/c1-3-14-10(16)9-15(4-2)11(17)8-13(12(18)19)6-5-7-13/h3-9H2,1-2H3,(H,14,16)(H,18,19). The summed E-state index contributed by atoms with van der Waals surface area (Å²) < 4.78 is 0. The number of carbonyl (C=O) groups excluding carboxylic acids is 2. The molecular formula is C13H22N2O4. The van der Waals surface area contributed by atoms with Gasteiger partial charge in [0.25, 0.3) is 0 Å². The van der Waals surface area contributed by atoms with Crippen LogP contribution in [-0.2, 0) is 14.4 Å². The highest BCUT2D eigenvalue weighted by Crippen LogP contribution is 2.44. The molecular weight excluding hydrogens is 248 g/mol. The molecule has 0 saturated heterocycles. The van der Waals surface area contributed by atoms with Crippen molar-refractivity contribution in [2.24, 2.45) is 5.41 Å². The van der Waals surface area contributed by atoms with Gasteiger partial charge in [0.2, 0.25) is 11.8 Å². The second-order valence-electron chi connectivity index (χ2n) is 4.98. The van der Waals surface area contributed by atoms with Gasteiger partial charge in [-0.25, -0.2) is 0 Å². The van der Waals surface area contributed by atoms with Gasteiger partial charge in [0, 0.05) is 19.5 Å². The summed E-state index contributed by atoms with van der Waals surface area (Å²) >= 11 is 0. The van der Waals surface area contributed by atoms with Crippen molar-refractivity contribution >= 4 is 17.8 Å². The van der Waals surface area contributed by atoms with Crippen LogP contribution in [0, 0.1) is 5.41 Å². The Morgan fingerprint density at radius 2 is 1.89 bits per heavy atom. The van der Waals surface area contributed by atoms with Gasteiger partial charge in [-0.3, -0.25) is 14.4 Å². The van der Waals surface area contributed by atoms with Gasteiger partial charge in [0.15, 0.2) is 0 Å². The molecule has 0 spiro atoms. The average molecular weight is 270 g/mol. The number of likely N-dealkylation sites (N-methyl/N-ethyl adjacent to an activating group) is 2. The van der Waals surface area contributed by atoms with E-state index in [2.05, 4.69) is 5.32 Å². The maximum atomic E-state index is 12.1. The van der Waals surface area contributed by atoms with Crippen LogP contribution in [-0.4, -0.2) is 47.4 Å². The number of aliphatic carboxylic acids is 1. The normalized spacial score (nSPS) is 16.3. The molecule has 2 amide bonds. The van der Waals surface area contributed by atoms with Gasteiger partial charge in [-0.1, -0.05) is 6.42 Å². The lowest BCUT2D eigenvalue weighted by Crippen LogP contribution is -2.46. The van der Waals surface area contributed by atoms with Crippen LogP contribution in [0.2, 0.25) is 0 Å². The lowest BCUT2D eigenvalue weighted by atomic mass is 9.66. The first-order valence-corrected chi connectivity index (χ1v) is 6.73. The molecule has 1 aliphatic carbocycles. The molecule has 108 valence electrons. The van der Waals surface area contributed by atoms with Crippen molar-refractivity contribution < 1.29 is 19.5 Å². The van der Waals surface area contributed by atoms with Gasteiger partial charge in [0.1, 0.15) is 0 Å². The highest BCUT2D eigenvalue weighted by atomic mass is 16.4. The first-order chi connectivity index (χ1) is 8.95. The number of carboxylic acid groups (broad SMARTS) is 1. The Morgan fingerprint density at radius 3 is 2.26 bits per heavy atom. The number of hydrogen-bond acceptors (Lipinski definition) is 3. The van der Waals surface area contributed by atoms with Gasteiger partial charge >= 0.3 is 5.97 Å². The Hall–Kier alpha value is -1.59. The van der Waals surface area contributed by atoms with E-state index in [-0.39, 0.29) is 24.8 Å². The fourth-order valence-corrected chi connectivity index (χ4v) is 2.27. The molecule has 0 aromatic heterocycles. The summed E-state index contributed by atoms with van der Waals surface area (Å²) in [4.78, 5) is 36.2. The summed E-state index contributed by atoms with van der Waals surface area (Å²) in [5.74, 6) is -1.37. The zero-order valence-corrected chi connectivity index (χ0v) is 11.6. The van der Waals surface area contributed by atoms with E-state index in [0.29, 0.717) is 25.9 Å². The van der Waals surface area contributed by atoms with Crippen LogP contribution in [0.1, 0.15) is 39.5 Å². The lowest BCUT2D eigenvalue weighted by molar-refractivity contribution is -0.159. The van der Waals surface area contributed by atoms with Crippen molar-refractivity contribution in [1.29, 1.82) is 0 Å². The van der Waals surface area contributed by atoms with Crippen molar-refractivity contribution in [2.45, 2.75) is 39.5 Å². The minimum atomic E-state index is -0.902. The van der Waals surface area contributed by atoms with Gasteiger partial charge in [-0.15, -0.1) is 0 Å². The van der Waals surface area contributed by atoms with E-state index in [4.69, 9.17) is 0 Å². The van der Waals surface area contributed by atoms with E-state index in [0.717, 1.165) is 6.42 Å². The molecule has 19 heavy (non-hydrogen) atoms. The number of nitrogens with one attached hydrogen (secondary N) is 1. The summed E-state index contributed by atoms with van der Waals surface area (Å²) in [6.07, 6.45) is 1.94. The number of nitrogens with zero attached hydrogens (tertiary/aromatic N) is 1. The number of amides is 2. The highest BCUT2D eigenvalue weighted by molar-refractivity contribution is 5.88. The van der Waals surface area contributed by atoms with E-state index < -0.39 is 11.4 Å². The zero-order valence-electron chi connectivity index (χ0n) is 11.6. The fraction of sp³-hybridized carbons (Fsp3) is 0.769. The minimum absolute atomic E-state index is 0.00112. The summed E-state index contributed by atoms with van der Waals surface area (Å²) in [6.45, 7) is 4.52. The predicted octanol–water partition coefficient (Wildman–Crippen LogP) is 0.616. The smallest absolute Gasteiger partial charge is 0.310 e. The molecule has 1 aliphatic rings. The molecule has 1 saturated carbocycles. The van der Waals surface area contributed by atoms with Crippen molar-refractivity contribution in [1.82, 2.24) is 10.2 Å². The molecule has 2 N–H and O–H groups in total. The third-order valence-corrected chi connectivity index (χ3v) is 3.70. The van der Waals surface area contributed by atoms with Gasteiger partial charge in [0.05, 0.1) is 12.0 Å². The average Bonchev–Trinajstić information content (AvgIpc) is 2.30. The summed E-state index contributed by atoms with van der Waals surface area (Å²) in [6, 6.07) is 0. The predicted molar refractivity (Wildman–Crippen MR) is 69.5 cm³/mol. The molecule has 0 bridgehead atoms.